The summed E-state index contributed by atoms with van der Waals surface area (Å²) >= 11 is 5.58. The molecular formula is C9H5BrINO2. The zero-order valence-corrected chi connectivity index (χ0v) is 10.6. The number of benzene rings is 1. The number of carboxylic acids is 1. The summed E-state index contributed by atoms with van der Waals surface area (Å²) in [5, 5.41) is 9.69. The molecule has 0 saturated carbocycles. The van der Waals surface area contributed by atoms with Gasteiger partial charge < -0.3 is 10.1 Å². The van der Waals surface area contributed by atoms with Crippen LogP contribution in [0.1, 0.15) is 10.5 Å². The zero-order chi connectivity index (χ0) is 10.3. The quantitative estimate of drug-likeness (QED) is 0.762. The van der Waals surface area contributed by atoms with Crippen LogP contribution in [0.5, 0.6) is 0 Å². The van der Waals surface area contributed by atoms with Gasteiger partial charge in [-0.05, 0) is 56.7 Å². The van der Waals surface area contributed by atoms with Crippen molar-refractivity contribution in [1.82, 2.24) is 4.98 Å². The lowest BCUT2D eigenvalue weighted by molar-refractivity contribution is 0.0691. The number of rotatable bonds is 1. The van der Waals surface area contributed by atoms with E-state index < -0.39 is 5.97 Å². The molecule has 0 aliphatic rings. The van der Waals surface area contributed by atoms with E-state index in [0.29, 0.717) is 0 Å². The molecule has 72 valence electrons. The van der Waals surface area contributed by atoms with Gasteiger partial charge in [-0.3, -0.25) is 0 Å². The van der Waals surface area contributed by atoms with E-state index in [1.807, 2.05) is 12.1 Å². The third kappa shape index (κ3) is 1.66. The summed E-state index contributed by atoms with van der Waals surface area (Å²) < 4.78 is 2.02. The van der Waals surface area contributed by atoms with Gasteiger partial charge in [0.2, 0.25) is 0 Å². The van der Waals surface area contributed by atoms with E-state index in [-0.39, 0.29) is 5.69 Å². The SMILES string of the molecule is O=C(O)c1cc2cc(I)c(Br)cc2[nH]1. The Hall–Kier alpha value is -0.560. The Bertz CT molecular complexity index is 482. The molecule has 2 rings (SSSR count). The van der Waals surface area contributed by atoms with Crippen molar-refractivity contribution in [2.24, 2.45) is 0 Å². The summed E-state index contributed by atoms with van der Waals surface area (Å²) in [6, 6.07) is 5.44. The molecular weight excluding hydrogens is 361 g/mol. The van der Waals surface area contributed by atoms with E-state index in [1.165, 1.54) is 0 Å². The van der Waals surface area contributed by atoms with Gasteiger partial charge in [0.15, 0.2) is 0 Å². The molecule has 14 heavy (non-hydrogen) atoms. The number of aromatic amines is 1. The van der Waals surface area contributed by atoms with Gasteiger partial charge >= 0.3 is 5.97 Å². The maximum Gasteiger partial charge on any atom is 0.352 e. The van der Waals surface area contributed by atoms with Crippen molar-refractivity contribution in [1.29, 1.82) is 0 Å². The molecule has 1 heterocycles. The monoisotopic (exact) mass is 365 g/mol. The van der Waals surface area contributed by atoms with Crippen LogP contribution in [-0.4, -0.2) is 16.1 Å². The van der Waals surface area contributed by atoms with Crippen LogP contribution in [0, 0.1) is 3.57 Å². The van der Waals surface area contributed by atoms with Crippen LogP contribution < -0.4 is 0 Å². The standard InChI is InChI=1S/C9H5BrINO2/c10-5-3-7-4(1-6(5)11)2-8(12-7)9(13)14/h1-3,12H,(H,13,14). The number of hydrogen-bond donors (Lipinski definition) is 2. The average molecular weight is 366 g/mol. The van der Waals surface area contributed by atoms with Crippen molar-refractivity contribution in [2.45, 2.75) is 0 Å². The highest BCUT2D eigenvalue weighted by Gasteiger charge is 2.08. The molecule has 1 aromatic carbocycles. The topological polar surface area (TPSA) is 53.1 Å². The molecule has 0 saturated heterocycles. The van der Waals surface area contributed by atoms with Crippen molar-refractivity contribution < 1.29 is 9.90 Å². The van der Waals surface area contributed by atoms with E-state index in [1.54, 1.807) is 6.07 Å². The molecule has 0 fully saturated rings. The van der Waals surface area contributed by atoms with Gasteiger partial charge in [0.25, 0.3) is 0 Å². The number of hydrogen-bond acceptors (Lipinski definition) is 1. The van der Waals surface area contributed by atoms with Crippen LogP contribution in [0.25, 0.3) is 10.9 Å². The second-order valence-corrected chi connectivity index (χ2v) is 4.86. The highest BCUT2D eigenvalue weighted by molar-refractivity contribution is 14.1. The van der Waals surface area contributed by atoms with Crippen molar-refractivity contribution in [3.8, 4) is 0 Å². The molecule has 0 atom stereocenters. The van der Waals surface area contributed by atoms with Gasteiger partial charge in [-0.1, -0.05) is 0 Å². The predicted molar refractivity (Wildman–Crippen MR) is 65.7 cm³/mol. The molecule has 2 aromatic rings. The maximum absolute atomic E-state index is 10.7. The average Bonchev–Trinajstić information content (AvgIpc) is 2.48. The highest BCUT2D eigenvalue weighted by atomic mass is 127. The van der Waals surface area contributed by atoms with Crippen LogP contribution in [0.3, 0.4) is 0 Å². The largest absolute Gasteiger partial charge is 0.477 e. The number of nitrogens with one attached hydrogen (secondary N) is 1. The smallest absolute Gasteiger partial charge is 0.352 e. The number of aromatic nitrogens is 1. The van der Waals surface area contributed by atoms with Gasteiger partial charge in [-0.15, -0.1) is 0 Å². The first kappa shape index (κ1) is 9.97. The molecule has 0 aliphatic heterocycles. The molecule has 0 unspecified atom stereocenters. The summed E-state index contributed by atoms with van der Waals surface area (Å²) in [6.45, 7) is 0. The lowest BCUT2D eigenvalue weighted by Crippen LogP contribution is -1.94. The third-order valence-corrected chi connectivity index (χ3v) is 4.18. The number of fused-ring (bicyclic) bond motifs is 1. The summed E-state index contributed by atoms with van der Waals surface area (Å²) in [7, 11) is 0. The van der Waals surface area contributed by atoms with Crippen molar-refractivity contribution >= 4 is 55.4 Å². The minimum absolute atomic E-state index is 0.217. The molecule has 0 radical (unpaired) electrons. The normalized spacial score (nSPS) is 10.7. The molecule has 0 spiro atoms. The Morgan fingerprint density at radius 3 is 2.79 bits per heavy atom. The van der Waals surface area contributed by atoms with Crippen LogP contribution in [-0.2, 0) is 0 Å². The number of carboxylic acid groups (broad SMARTS) is 1. The summed E-state index contributed by atoms with van der Waals surface area (Å²) in [6.07, 6.45) is 0. The van der Waals surface area contributed by atoms with E-state index in [2.05, 4.69) is 43.5 Å². The van der Waals surface area contributed by atoms with E-state index in [4.69, 9.17) is 5.11 Å². The first-order chi connectivity index (χ1) is 6.58. The van der Waals surface area contributed by atoms with Crippen molar-refractivity contribution in [2.75, 3.05) is 0 Å². The van der Waals surface area contributed by atoms with Crippen LogP contribution in [0.2, 0.25) is 0 Å². The van der Waals surface area contributed by atoms with Crippen LogP contribution >= 0.6 is 38.5 Å². The lowest BCUT2D eigenvalue weighted by atomic mass is 10.2. The van der Waals surface area contributed by atoms with Gasteiger partial charge in [-0.2, -0.15) is 0 Å². The molecule has 3 nitrogen and oxygen atoms in total. The van der Waals surface area contributed by atoms with E-state index in [9.17, 15) is 4.79 Å². The molecule has 5 heteroatoms. The second-order valence-electron chi connectivity index (χ2n) is 2.84. The maximum atomic E-state index is 10.7. The number of halogens is 2. The Balaban J connectivity index is 2.72. The number of aromatic carboxylic acids is 1. The van der Waals surface area contributed by atoms with Crippen molar-refractivity contribution in [3.63, 3.8) is 0 Å². The number of carbonyl (C=O) groups is 1. The van der Waals surface area contributed by atoms with Gasteiger partial charge in [0.05, 0.1) is 0 Å². The Morgan fingerprint density at radius 1 is 1.43 bits per heavy atom. The Morgan fingerprint density at radius 2 is 2.14 bits per heavy atom. The highest BCUT2D eigenvalue weighted by Crippen LogP contribution is 2.25. The fourth-order valence-electron chi connectivity index (χ4n) is 1.24. The Labute approximate surface area is 102 Å². The van der Waals surface area contributed by atoms with Gasteiger partial charge in [0.1, 0.15) is 5.69 Å². The number of H-pyrrole nitrogens is 1. The zero-order valence-electron chi connectivity index (χ0n) is 6.84. The minimum Gasteiger partial charge on any atom is -0.477 e. The van der Waals surface area contributed by atoms with Crippen LogP contribution in [0.4, 0.5) is 0 Å². The molecule has 0 amide bonds. The third-order valence-electron chi connectivity index (χ3n) is 1.89. The van der Waals surface area contributed by atoms with Gasteiger partial charge in [0, 0.05) is 18.9 Å². The Kier molecular flexibility index (Phi) is 2.52. The van der Waals surface area contributed by atoms with Gasteiger partial charge in [-0.25, -0.2) is 4.79 Å². The first-order valence-corrected chi connectivity index (χ1v) is 5.66. The molecule has 1 aromatic heterocycles. The molecule has 0 bridgehead atoms. The first-order valence-electron chi connectivity index (χ1n) is 3.79. The van der Waals surface area contributed by atoms with E-state index >= 15 is 0 Å². The lowest BCUT2D eigenvalue weighted by Gasteiger charge is -1.95. The predicted octanol–water partition coefficient (Wildman–Crippen LogP) is 3.23. The minimum atomic E-state index is -0.938. The van der Waals surface area contributed by atoms with E-state index in [0.717, 1.165) is 18.9 Å². The molecule has 2 N–H and O–H groups in total. The molecule has 0 aliphatic carbocycles. The summed E-state index contributed by atoms with van der Waals surface area (Å²) in [4.78, 5) is 13.5. The van der Waals surface area contributed by atoms with Crippen molar-refractivity contribution in [3.05, 3.63) is 31.9 Å². The fourth-order valence-corrected chi connectivity index (χ4v) is 2.08. The second kappa shape index (κ2) is 3.54. The summed E-state index contributed by atoms with van der Waals surface area (Å²) in [5.74, 6) is -0.938. The van der Waals surface area contributed by atoms with Crippen LogP contribution in [0.15, 0.2) is 22.7 Å². The summed E-state index contributed by atoms with van der Waals surface area (Å²) in [5.41, 5.74) is 1.04. The fraction of sp³-hybridized carbons (Fsp3) is 0.